The van der Waals surface area contributed by atoms with Crippen LogP contribution in [0.2, 0.25) is 0 Å². The van der Waals surface area contributed by atoms with E-state index in [2.05, 4.69) is 20.2 Å². The molecule has 3 heterocycles. The first-order chi connectivity index (χ1) is 13.8. The van der Waals surface area contributed by atoms with Crippen LogP contribution in [0.5, 0.6) is 0 Å². The Balaban J connectivity index is 1.56. The largest absolute Gasteiger partial charge is 0.353 e. The van der Waals surface area contributed by atoms with Crippen LogP contribution in [0.25, 0.3) is 22.4 Å². The molecule has 1 N–H and O–H groups in total. The highest BCUT2D eigenvalue weighted by Gasteiger charge is 2.13. The van der Waals surface area contributed by atoms with Gasteiger partial charge in [-0.05, 0) is 55.8 Å². The molecule has 144 valence electrons. The van der Waals surface area contributed by atoms with Crippen molar-refractivity contribution < 1.29 is 4.39 Å². The fourth-order valence-electron chi connectivity index (χ4n) is 3.55. The molecule has 5 nitrogen and oxygen atoms in total. The number of nitrogens with one attached hydrogen (secondary N) is 1. The number of hydrogen-bond donors (Lipinski definition) is 1. The molecule has 3 aromatic rings. The van der Waals surface area contributed by atoms with Gasteiger partial charge in [-0.25, -0.2) is 14.4 Å². The van der Waals surface area contributed by atoms with Crippen LogP contribution in [0.15, 0.2) is 55.0 Å². The lowest BCUT2D eigenvalue weighted by atomic mass is 10.0. The average molecular weight is 377 g/mol. The summed E-state index contributed by atoms with van der Waals surface area (Å²) < 4.78 is 13.3. The summed E-state index contributed by atoms with van der Waals surface area (Å²) in [6, 6.07) is 10.3. The molecule has 0 amide bonds. The van der Waals surface area contributed by atoms with Gasteiger partial charge < -0.3 is 10.2 Å². The molecular weight excluding hydrogens is 353 g/mol. The van der Waals surface area contributed by atoms with Crippen LogP contribution in [-0.2, 0) is 0 Å². The zero-order chi connectivity index (χ0) is 19.2. The molecule has 28 heavy (non-hydrogen) atoms. The Bertz CT molecular complexity index is 893. The van der Waals surface area contributed by atoms with Gasteiger partial charge in [0.05, 0.1) is 5.69 Å². The summed E-state index contributed by atoms with van der Waals surface area (Å²) in [6.45, 7) is 4.15. The highest BCUT2D eigenvalue weighted by molar-refractivity contribution is 5.80. The predicted molar refractivity (Wildman–Crippen MR) is 109 cm³/mol. The van der Waals surface area contributed by atoms with Crippen LogP contribution in [0.4, 0.5) is 10.3 Å². The third-order valence-electron chi connectivity index (χ3n) is 5.06. The van der Waals surface area contributed by atoms with Gasteiger partial charge in [0.2, 0.25) is 5.95 Å². The summed E-state index contributed by atoms with van der Waals surface area (Å²) in [5, 5.41) is 3.35. The van der Waals surface area contributed by atoms with Crippen LogP contribution >= 0.6 is 0 Å². The minimum Gasteiger partial charge on any atom is -0.353 e. The molecule has 4 rings (SSSR count). The van der Waals surface area contributed by atoms with Gasteiger partial charge in [0.1, 0.15) is 5.82 Å². The molecule has 1 fully saturated rings. The van der Waals surface area contributed by atoms with E-state index in [0.717, 1.165) is 35.5 Å². The Kier molecular flexibility index (Phi) is 5.87. The predicted octanol–water partition coefficient (Wildman–Crippen LogP) is 4.24. The molecule has 1 aliphatic rings. The number of aromatic nitrogens is 3. The van der Waals surface area contributed by atoms with Gasteiger partial charge in [0, 0.05) is 42.8 Å². The highest BCUT2D eigenvalue weighted by Crippen LogP contribution is 2.30. The number of hydrogen-bond acceptors (Lipinski definition) is 5. The second kappa shape index (κ2) is 8.89. The van der Waals surface area contributed by atoms with Crippen molar-refractivity contribution >= 4 is 5.95 Å². The van der Waals surface area contributed by atoms with E-state index >= 15 is 0 Å². The normalized spacial score (nSPS) is 14.8. The van der Waals surface area contributed by atoms with Crippen LogP contribution in [0.1, 0.15) is 19.3 Å². The summed E-state index contributed by atoms with van der Waals surface area (Å²) in [6.07, 6.45) is 9.21. The van der Waals surface area contributed by atoms with Crippen molar-refractivity contribution in [1.82, 2.24) is 19.9 Å². The molecule has 0 saturated carbocycles. The summed E-state index contributed by atoms with van der Waals surface area (Å²) >= 11 is 0. The van der Waals surface area contributed by atoms with Crippen molar-refractivity contribution in [2.45, 2.75) is 19.3 Å². The first-order valence-corrected chi connectivity index (χ1v) is 9.79. The minimum atomic E-state index is -0.258. The van der Waals surface area contributed by atoms with E-state index < -0.39 is 0 Å². The number of pyridine rings is 1. The third-order valence-corrected chi connectivity index (χ3v) is 5.06. The van der Waals surface area contributed by atoms with E-state index in [1.165, 1.54) is 44.5 Å². The molecule has 1 saturated heterocycles. The van der Waals surface area contributed by atoms with Gasteiger partial charge in [-0.2, -0.15) is 0 Å². The van der Waals surface area contributed by atoms with Gasteiger partial charge in [0.25, 0.3) is 0 Å². The zero-order valence-corrected chi connectivity index (χ0v) is 15.8. The maximum atomic E-state index is 13.3. The topological polar surface area (TPSA) is 53.9 Å². The molecular formula is C22H24FN5. The standard InChI is InChI=1S/C22H24FN5/c23-19-6-4-17(5-7-19)20-16-26-22(25-12-15-28-13-2-1-3-14-28)27-21(20)18-8-10-24-11-9-18/h4-11,16H,1-3,12-15H2,(H,25,26,27). The summed E-state index contributed by atoms with van der Waals surface area (Å²) in [7, 11) is 0. The Labute approximate surface area is 164 Å². The Morgan fingerprint density at radius 2 is 1.68 bits per heavy atom. The molecule has 2 aromatic heterocycles. The van der Waals surface area contributed by atoms with Crippen molar-refractivity contribution in [3.8, 4) is 22.4 Å². The van der Waals surface area contributed by atoms with E-state index in [0.29, 0.717) is 5.95 Å². The van der Waals surface area contributed by atoms with Crippen LogP contribution in [-0.4, -0.2) is 46.0 Å². The fraction of sp³-hybridized carbons (Fsp3) is 0.318. The molecule has 0 spiro atoms. The number of benzene rings is 1. The number of piperidine rings is 1. The smallest absolute Gasteiger partial charge is 0.223 e. The van der Waals surface area contributed by atoms with Crippen molar-refractivity contribution in [2.75, 3.05) is 31.5 Å². The number of anilines is 1. The van der Waals surface area contributed by atoms with Crippen molar-refractivity contribution in [3.05, 3.63) is 60.8 Å². The van der Waals surface area contributed by atoms with E-state index in [4.69, 9.17) is 4.98 Å². The molecule has 0 unspecified atom stereocenters. The maximum absolute atomic E-state index is 13.3. The lowest BCUT2D eigenvalue weighted by molar-refractivity contribution is 0.237. The fourth-order valence-corrected chi connectivity index (χ4v) is 3.55. The minimum absolute atomic E-state index is 0.258. The molecule has 0 atom stereocenters. The zero-order valence-electron chi connectivity index (χ0n) is 15.8. The van der Waals surface area contributed by atoms with Crippen molar-refractivity contribution in [2.24, 2.45) is 0 Å². The number of halogens is 1. The molecule has 1 aliphatic heterocycles. The second-order valence-corrected chi connectivity index (χ2v) is 7.03. The SMILES string of the molecule is Fc1ccc(-c2cnc(NCCN3CCCCC3)nc2-c2ccncc2)cc1. The number of likely N-dealkylation sites (tertiary alicyclic amines) is 1. The van der Waals surface area contributed by atoms with Crippen LogP contribution in [0, 0.1) is 5.82 Å². The van der Waals surface area contributed by atoms with Crippen LogP contribution < -0.4 is 5.32 Å². The van der Waals surface area contributed by atoms with Gasteiger partial charge in [-0.15, -0.1) is 0 Å². The number of nitrogens with zero attached hydrogens (tertiary/aromatic N) is 4. The summed E-state index contributed by atoms with van der Waals surface area (Å²) in [5.41, 5.74) is 3.51. The van der Waals surface area contributed by atoms with Crippen molar-refractivity contribution in [1.29, 1.82) is 0 Å². The Morgan fingerprint density at radius 1 is 0.929 bits per heavy atom. The van der Waals surface area contributed by atoms with E-state index in [1.54, 1.807) is 30.7 Å². The van der Waals surface area contributed by atoms with Gasteiger partial charge in [-0.3, -0.25) is 4.98 Å². The van der Waals surface area contributed by atoms with E-state index in [9.17, 15) is 4.39 Å². The highest BCUT2D eigenvalue weighted by atomic mass is 19.1. The van der Waals surface area contributed by atoms with E-state index in [1.807, 2.05) is 12.1 Å². The lowest BCUT2D eigenvalue weighted by Gasteiger charge is -2.26. The third kappa shape index (κ3) is 4.51. The average Bonchev–Trinajstić information content (AvgIpc) is 2.76. The maximum Gasteiger partial charge on any atom is 0.223 e. The molecule has 0 aliphatic carbocycles. The van der Waals surface area contributed by atoms with Crippen molar-refractivity contribution in [3.63, 3.8) is 0 Å². The first kappa shape index (κ1) is 18.5. The molecule has 6 heteroatoms. The molecule has 0 radical (unpaired) electrons. The summed E-state index contributed by atoms with van der Waals surface area (Å²) in [4.78, 5) is 15.8. The summed E-state index contributed by atoms with van der Waals surface area (Å²) in [5.74, 6) is 0.348. The van der Waals surface area contributed by atoms with Crippen LogP contribution in [0.3, 0.4) is 0 Å². The monoisotopic (exact) mass is 377 g/mol. The number of rotatable bonds is 6. The molecule has 1 aromatic carbocycles. The Morgan fingerprint density at radius 3 is 2.43 bits per heavy atom. The van der Waals surface area contributed by atoms with E-state index in [-0.39, 0.29) is 5.82 Å². The first-order valence-electron chi connectivity index (χ1n) is 9.79. The molecule has 0 bridgehead atoms. The van der Waals surface area contributed by atoms with Gasteiger partial charge in [-0.1, -0.05) is 18.6 Å². The quantitative estimate of drug-likeness (QED) is 0.696. The van der Waals surface area contributed by atoms with Gasteiger partial charge in [0.15, 0.2) is 0 Å². The van der Waals surface area contributed by atoms with Gasteiger partial charge >= 0.3 is 0 Å². The lowest BCUT2D eigenvalue weighted by Crippen LogP contribution is -2.33. The second-order valence-electron chi connectivity index (χ2n) is 7.03. The Hall–Kier alpha value is -2.86.